The topological polar surface area (TPSA) is 303 Å². The fourth-order valence-corrected chi connectivity index (χ4v) is 4.95. The quantitative estimate of drug-likeness (QED) is 0.0579. The Hall–Kier alpha value is -4.79. The van der Waals surface area contributed by atoms with E-state index >= 15 is 0 Å². The summed E-state index contributed by atoms with van der Waals surface area (Å²) in [4.78, 5) is 19.8. The summed E-state index contributed by atoms with van der Waals surface area (Å²) in [6, 6.07) is 20.7. The first-order valence-corrected chi connectivity index (χ1v) is 15.8. The van der Waals surface area contributed by atoms with Crippen LogP contribution >= 0.6 is 0 Å². The van der Waals surface area contributed by atoms with Gasteiger partial charge >= 0.3 is 76.5 Å². The number of nitrogens with zero attached hydrogens (tertiary/aromatic N) is 8. The molecule has 0 spiro atoms. The summed E-state index contributed by atoms with van der Waals surface area (Å²) in [5.74, 6) is -2.19. The zero-order valence-corrected chi connectivity index (χ0v) is 34.7. The third-order valence-electron chi connectivity index (χ3n) is 7.04. The van der Waals surface area contributed by atoms with Gasteiger partial charge < -0.3 is 25.0 Å². The zero-order chi connectivity index (χ0) is 37.7. The van der Waals surface area contributed by atoms with Crippen LogP contribution in [0.25, 0.3) is 16.5 Å². The second-order valence-electron chi connectivity index (χ2n) is 10.5. The van der Waals surface area contributed by atoms with Gasteiger partial charge in [-0.1, -0.05) is 65.8 Å². The van der Waals surface area contributed by atoms with Crippen molar-refractivity contribution in [1.82, 2.24) is 9.78 Å². The van der Waals surface area contributed by atoms with Crippen molar-refractivity contribution >= 4 is 55.0 Å². The normalized spacial score (nSPS) is 10.9. The molecule has 6 aromatic rings. The number of non-ortho nitro benzene ring substituents is 2. The predicted octanol–water partition coefficient (Wildman–Crippen LogP) is -1.13. The number of azo groups is 2. The van der Waals surface area contributed by atoms with Crippen LogP contribution in [0.4, 0.5) is 34.1 Å². The molecule has 0 bridgehead atoms. The van der Waals surface area contributed by atoms with Gasteiger partial charge in [-0.05, 0) is 36.6 Å². The maximum Gasteiger partial charge on any atom is 3.00 e. The van der Waals surface area contributed by atoms with Crippen molar-refractivity contribution in [1.29, 1.82) is 0 Å². The molecule has 1 heterocycles. The van der Waals surface area contributed by atoms with Crippen LogP contribution in [0.5, 0.6) is 23.1 Å². The van der Waals surface area contributed by atoms with Crippen LogP contribution in [-0.2, 0) is 27.5 Å². The van der Waals surface area contributed by atoms with Gasteiger partial charge in [-0.3, -0.25) is 20.2 Å². The second kappa shape index (κ2) is 19.7. The van der Waals surface area contributed by atoms with Gasteiger partial charge in [0.2, 0.25) is 0 Å². The Morgan fingerprint density at radius 3 is 1.65 bits per heavy atom. The average Bonchev–Trinajstić information content (AvgIpc) is 3.39. The van der Waals surface area contributed by atoms with Crippen LogP contribution < -0.4 is 79.5 Å². The molecule has 55 heavy (non-hydrogen) atoms. The third-order valence-corrected chi connectivity index (χ3v) is 7.89. The summed E-state index contributed by atoms with van der Waals surface area (Å²) < 4.78 is 33.9. The molecule has 1 radical (unpaired) electrons. The fraction of sp³-hybridized carbons (Fsp3) is 0.0312. The number of aryl methyl sites for hydroxylation is 1. The third kappa shape index (κ3) is 11.1. The Bertz CT molecular complexity index is 2540. The number of rotatable bonds is 8. The molecule has 0 amide bonds. The summed E-state index contributed by atoms with van der Waals surface area (Å²) >= 11 is 0. The Morgan fingerprint density at radius 1 is 0.655 bits per heavy atom. The summed E-state index contributed by atoms with van der Waals surface area (Å²) in [6.07, 6.45) is 0. The first-order valence-electron chi connectivity index (χ1n) is 14.4. The molecule has 1 aromatic heterocycles. The fourth-order valence-electron chi connectivity index (χ4n) is 4.48. The molecule has 0 fully saturated rings. The Labute approximate surface area is 365 Å². The number of hydrogen-bond donors (Lipinski definition) is 0. The molecule has 0 atom stereocenters. The zero-order valence-electron chi connectivity index (χ0n) is 28.6. The van der Waals surface area contributed by atoms with Crippen molar-refractivity contribution in [2.45, 2.75) is 11.8 Å². The van der Waals surface area contributed by atoms with E-state index in [4.69, 9.17) is 0 Å². The molecule has 0 N–H and O–H groups in total. The molecule has 23 heteroatoms. The monoisotopic (exact) mass is 821 g/mol. The van der Waals surface area contributed by atoms with E-state index in [-0.39, 0.29) is 128 Å². The van der Waals surface area contributed by atoms with Crippen LogP contribution in [0.3, 0.4) is 0 Å². The molecule has 6 rings (SSSR count). The largest absolute Gasteiger partial charge is 3.00 e. The number of fused-ring (bicyclic) bond motifs is 1. The Balaban J connectivity index is 0.000000368. The Kier molecular flexibility index (Phi) is 16.6. The summed E-state index contributed by atoms with van der Waals surface area (Å²) in [5.41, 5.74) is -0.933. The summed E-state index contributed by atoms with van der Waals surface area (Å²) in [5, 5.41) is 89.9. The maximum atomic E-state index is 12.5. The summed E-state index contributed by atoms with van der Waals surface area (Å²) in [6.45, 7) is 1.45. The molecular formula is C32H19CrN8Na2O11S. The molecule has 0 saturated heterocycles. The van der Waals surface area contributed by atoms with Gasteiger partial charge in [-0.25, -0.2) is 13.1 Å². The standard InChI is InChI=1S/C16H13N5O7S.C16H11N3O4.Cr.2Na/c1-9-15(18-17-13-8-11(21(24)25)4-7-14(13)22)16(23)20(19-9)10-2-5-12(6-3-10)29(26,27)28;20-14-8-6-11(19(22)23)9-13(14)17-18-16-12-4-2-1-3-10(12)5-7-15(16)21;;;/h2-8,22-23H,1H3,(H,26,27,28);1-9,20-21H;;;/q;;+3;2*+1/p-5. The number of nitro groups is 2. The number of nitro benzene ring substituents is 2. The van der Waals surface area contributed by atoms with Crippen molar-refractivity contribution < 1.29 is 120 Å². The average molecular weight is 822 g/mol. The molecule has 19 nitrogen and oxygen atoms in total. The van der Waals surface area contributed by atoms with Gasteiger partial charge in [0.05, 0.1) is 43.2 Å². The van der Waals surface area contributed by atoms with Gasteiger partial charge in [0.25, 0.3) is 11.4 Å². The van der Waals surface area contributed by atoms with Gasteiger partial charge in [0.15, 0.2) is 0 Å². The van der Waals surface area contributed by atoms with Crippen molar-refractivity contribution in [3.8, 4) is 28.8 Å². The first kappa shape index (κ1) is 46.4. The SMILES string of the molecule is Cc1nn(-c2ccc(S(=O)(=O)[O-])cc2)c([O-])c1N=Nc1cc([N+](=O)[O-])ccc1[O-].O=[N+]([O-])c1ccc([O-])c(N=Nc2c([O-])ccc3ccccc23)c1.[Cr+3].[Na+].[Na+]. The second-order valence-corrected chi connectivity index (χ2v) is 11.8. The van der Waals surface area contributed by atoms with Gasteiger partial charge in [-0.15, -0.1) is 5.11 Å². The number of benzene rings is 5. The van der Waals surface area contributed by atoms with Gasteiger partial charge in [0.1, 0.15) is 15.8 Å². The molecule has 5 aromatic carbocycles. The van der Waals surface area contributed by atoms with E-state index in [2.05, 4.69) is 25.6 Å². The van der Waals surface area contributed by atoms with Crippen LogP contribution in [0.15, 0.2) is 122 Å². The Morgan fingerprint density at radius 2 is 1.15 bits per heavy atom. The van der Waals surface area contributed by atoms with E-state index in [1.54, 1.807) is 18.2 Å². The van der Waals surface area contributed by atoms with Crippen LogP contribution in [0.2, 0.25) is 0 Å². The maximum absolute atomic E-state index is 12.5. The van der Waals surface area contributed by atoms with E-state index in [9.17, 15) is 53.6 Å². The van der Waals surface area contributed by atoms with Gasteiger partial charge in [-0.2, -0.15) is 20.4 Å². The van der Waals surface area contributed by atoms with E-state index in [1.165, 1.54) is 25.1 Å². The molecule has 0 aliphatic heterocycles. The van der Waals surface area contributed by atoms with Crippen LogP contribution in [0, 0.1) is 27.2 Å². The van der Waals surface area contributed by atoms with Crippen molar-refractivity contribution in [2.24, 2.45) is 20.5 Å². The van der Waals surface area contributed by atoms with E-state index < -0.39 is 42.2 Å². The molecular weight excluding hydrogens is 802 g/mol. The minimum absolute atomic E-state index is 0. The van der Waals surface area contributed by atoms with E-state index in [1.807, 2.05) is 12.1 Å². The smallest absolute Gasteiger partial charge is 0.871 e. The van der Waals surface area contributed by atoms with Crippen LogP contribution in [0.1, 0.15) is 5.69 Å². The van der Waals surface area contributed by atoms with Crippen molar-refractivity contribution in [3.05, 3.63) is 123 Å². The minimum atomic E-state index is -4.64. The van der Waals surface area contributed by atoms with Crippen molar-refractivity contribution in [2.75, 3.05) is 0 Å². The molecule has 0 saturated carbocycles. The van der Waals surface area contributed by atoms with E-state index in [0.717, 1.165) is 58.6 Å². The van der Waals surface area contributed by atoms with Gasteiger partial charge in [0, 0.05) is 35.5 Å². The van der Waals surface area contributed by atoms with Crippen molar-refractivity contribution in [3.63, 3.8) is 0 Å². The van der Waals surface area contributed by atoms with Crippen LogP contribution in [-0.4, -0.2) is 32.6 Å². The number of aromatic nitrogens is 2. The number of hydrogen-bond acceptors (Lipinski definition) is 16. The predicted molar refractivity (Wildman–Crippen MR) is 173 cm³/mol. The molecule has 0 unspecified atom stereocenters. The molecule has 0 aliphatic rings. The minimum Gasteiger partial charge on any atom is -0.871 e. The molecule has 0 aliphatic carbocycles. The first-order chi connectivity index (χ1) is 24.6. The van der Waals surface area contributed by atoms with E-state index in [0.29, 0.717) is 5.39 Å². The molecule has 267 valence electrons. The summed E-state index contributed by atoms with van der Waals surface area (Å²) in [7, 11) is -4.64.